The van der Waals surface area contributed by atoms with Gasteiger partial charge in [-0.25, -0.2) is 0 Å². The van der Waals surface area contributed by atoms with E-state index in [0.29, 0.717) is 0 Å². The third kappa shape index (κ3) is 1.54. The van der Waals surface area contributed by atoms with Crippen molar-refractivity contribution in [2.75, 3.05) is 0 Å². The van der Waals surface area contributed by atoms with Crippen molar-refractivity contribution >= 4 is 5.57 Å². The third-order valence-electron chi connectivity index (χ3n) is 5.39. The molecular formula is C20H20. The highest BCUT2D eigenvalue weighted by Crippen LogP contribution is 2.61. The van der Waals surface area contributed by atoms with E-state index in [1.54, 1.807) is 11.1 Å². The summed E-state index contributed by atoms with van der Waals surface area (Å²) < 4.78 is 0. The van der Waals surface area contributed by atoms with Gasteiger partial charge < -0.3 is 0 Å². The average molecular weight is 260 g/mol. The van der Waals surface area contributed by atoms with E-state index in [9.17, 15) is 0 Å². The molecule has 1 fully saturated rings. The van der Waals surface area contributed by atoms with Crippen LogP contribution >= 0.6 is 0 Å². The Morgan fingerprint density at radius 1 is 0.900 bits per heavy atom. The Bertz CT molecular complexity index is 651. The zero-order chi connectivity index (χ0) is 13.6. The molecule has 4 rings (SSSR count). The van der Waals surface area contributed by atoms with Crippen LogP contribution in [0.5, 0.6) is 0 Å². The molecule has 2 atom stereocenters. The number of hydrogen-bond acceptors (Lipinski definition) is 0. The molecule has 0 nitrogen and oxygen atoms in total. The molecule has 1 saturated carbocycles. The van der Waals surface area contributed by atoms with Crippen molar-refractivity contribution in [3.8, 4) is 0 Å². The van der Waals surface area contributed by atoms with Crippen molar-refractivity contribution in [2.24, 2.45) is 5.92 Å². The van der Waals surface area contributed by atoms with Crippen LogP contribution in [0.15, 0.2) is 66.2 Å². The molecule has 0 aromatic heterocycles. The number of hydrogen-bond donors (Lipinski definition) is 0. The van der Waals surface area contributed by atoms with Crippen molar-refractivity contribution in [1.29, 1.82) is 0 Å². The predicted molar refractivity (Wildman–Crippen MR) is 84.5 cm³/mol. The van der Waals surface area contributed by atoms with E-state index in [4.69, 9.17) is 0 Å². The molecule has 100 valence electrons. The maximum absolute atomic E-state index is 2.36. The average Bonchev–Trinajstić information content (AvgIpc) is 3.06. The van der Waals surface area contributed by atoms with Gasteiger partial charge in [-0.15, -0.1) is 0 Å². The second kappa shape index (κ2) is 4.34. The Balaban J connectivity index is 1.92. The zero-order valence-corrected chi connectivity index (χ0v) is 12.0. The van der Waals surface area contributed by atoms with E-state index in [-0.39, 0.29) is 5.41 Å². The lowest BCUT2D eigenvalue weighted by atomic mass is 9.71. The van der Waals surface area contributed by atoms with E-state index < -0.39 is 0 Å². The summed E-state index contributed by atoms with van der Waals surface area (Å²) in [6.07, 6.45) is 3.98. The topological polar surface area (TPSA) is 0 Å². The van der Waals surface area contributed by atoms with Crippen molar-refractivity contribution in [3.05, 3.63) is 77.4 Å². The van der Waals surface area contributed by atoms with Crippen LogP contribution in [-0.2, 0) is 5.41 Å². The van der Waals surface area contributed by atoms with Crippen LogP contribution in [0, 0.1) is 5.92 Å². The van der Waals surface area contributed by atoms with Crippen LogP contribution < -0.4 is 0 Å². The molecule has 0 amide bonds. The van der Waals surface area contributed by atoms with Crippen molar-refractivity contribution in [1.82, 2.24) is 0 Å². The summed E-state index contributed by atoms with van der Waals surface area (Å²) in [4.78, 5) is 0. The Morgan fingerprint density at radius 2 is 1.55 bits per heavy atom. The van der Waals surface area contributed by atoms with Crippen molar-refractivity contribution in [2.45, 2.75) is 31.6 Å². The van der Waals surface area contributed by atoms with Crippen LogP contribution in [-0.4, -0.2) is 0 Å². The van der Waals surface area contributed by atoms with Crippen molar-refractivity contribution < 1.29 is 0 Å². The maximum atomic E-state index is 2.36. The van der Waals surface area contributed by atoms with E-state index >= 15 is 0 Å². The first kappa shape index (κ1) is 12.0. The Kier molecular flexibility index (Phi) is 2.60. The summed E-state index contributed by atoms with van der Waals surface area (Å²) in [5.41, 5.74) is 6.46. The van der Waals surface area contributed by atoms with Gasteiger partial charge in [0.15, 0.2) is 0 Å². The molecule has 2 aliphatic rings. The maximum Gasteiger partial charge on any atom is 0.0214 e. The lowest BCUT2D eigenvalue weighted by molar-refractivity contribution is 0.584. The minimum Gasteiger partial charge on any atom is -0.0655 e. The van der Waals surface area contributed by atoms with Crippen LogP contribution in [0.4, 0.5) is 0 Å². The molecule has 2 bridgehead atoms. The molecule has 0 saturated heterocycles. The normalized spacial score (nSPS) is 28.1. The number of allylic oxidation sites excluding steroid dienone is 2. The first-order valence-electron chi connectivity index (χ1n) is 7.63. The van der Waals surface area contributed by atoms with Crippen LogP contribution in [0.1, 0.15) is 37.3 Å². The molecule has 2 aromatic rings. The lowest BCUT2D eigenvalue weighted by Gasteiger charge is -2.32. The third-order valence-corrected chi connectivity index (χ3v) is 5.39. The summed E-state index contributed by atoms with van der Waals surface area (Å²) in [5.74, 6) is 0.797. The van der Waals surface area contributed by atoms with Gasteiger partial charge in [0.1, 0.15) is 0 Å². The monoisotopic (exact) mass is 260 g/mol. The van der Waals surface area contributed by atoms with Gasteiger partial charge in [-0.2, -0.15) is 0 Å². The quantitative estimate of drug-likeness (QED) is 0.695. The second-order valence-corrected chi connectivity index (χ2v) is 6.31. The number of fused-ring (bicyclic) bond motifs is 2. The van der Waals surface area contributed by atoms with Crippen LogP contribution in [0.2, 0.25) is 0 Å². The molecule has 20 heavy (non-hydrogen) atoms. The summed E-state index contributed by atoms with van der Waals surface area (Å²) in [7, 11) is 0. The highest BCUT2D eigenvalue weighted by Gasteiger charge is 2.50. The smallest absolute Gasteiger partial charge is 0.0214 e. The molecule has 0 heterocycles. The molecule has 2 unspecified atom stereocenters. The fourth-order valence-corrected chi connectivity index (χ4v) is 4.50. The van der Waals surface area contributed by atoms with E-state index in [0.717, 1.165) is 5.92 Å². The van der Waals surface area contributed by atoms with E-state index in [1.165, 1.54) is 30.4 Å². The van der Waals surface area contributed by atoms with Crippen molar-refractivity contribution in [3.63, 3.8) is 0 Å². The highest BCUT2D eigenvalue weighted by atomic mass is 14.5. The Labute approximate surface area is 121 Å². The van der Waals surface area contributed by atoms with Gasteiger partial charge in [0.25, 0.3) is 0 Å². The Hall–Kier alpha value is -1.82. The summed E-state index contributed by atoms with van der Waals surface area (Å²) in [6, 6.07) is 22.2. The fraction of sp³-hybridized carbons (Fsp3) is 0.300. The minimum atomic E-state index is 0.275. The SMILES string of the molecule is CC1=C(c2ccccc2)C2(c3ccccc3)CCC1C2. The van der Waals surface area contributed by atoms with E-state index in [1.807, 2.05) is 0 Å². The molecule has 0 aliphatic heterocycles. The standard InChI is InChI=1S/C20H20/c1-15-17-12-13-20(14-17,18-10-6-3-7-11-18)19(15)16-8-4-2-5-9-16/h2-11,17H,12-14H2,1H3. The molecule has 0 radical (unpaired) electrons. The molecule has 0 N–H and O–H groups in total. The van der Waals surface area contributed by atoms with Gasteiger partial charge in [-0.3, -0.25) is 0 Å². The van der Waals surface area contributed by atoms with Gasteiger partial charge in [-0.1, -0.05) is 66.2 Å². The largest absolute Gasteiger partial charge is 0.0655 e. The van der Waals surface area contributed by atoms with E-state index in [2.05, 4.69) is 67.6 Å². The lowest BCUT2D eigenvalue weighted by Crippen LogP contribution is -2.22. The van der Waals surface area contributed by atoms with Gasteiger partial charge >= 0.3 is 0 Å². The zero-order valence-electron chi connectivity index (χ0n) is 12.0. The number of benzene rings is 2. The molecule has 2 aromatic carbocycles. The fourth-order valence-electron chi connectivity index (χ4n) is 4.50. The van der Waals surface area contributed by atoms with Crippen LogP contribution in [0.3, 0.4) is 0 Å². The summed E-state index contributed by atoms with van der Waals surface area (Å²) in [5, 5.41) is 0. The second-order valence-electron chi connectivity index (χ2n) is 6.31. The van der Waals surface area contributed by atoms with Crippen LogP contribution in [0.25, 0.3) is 5.57 Å². The predicted octanol–water partition coefficient (Wildman–Crippen LogP) is 5.21. The molecule has 2 aliphatic carbocycles. The van der Waals surface area contributed by atoms with Gasteiger partial charge in [0.05, 0.1) is 0 Å². The first-order valence-corrected chi connectivity index (χ1v) is 7.63. The summed E-state index contributed by atoms with van der Waals surface area (Å²) in [6.45, 7) is 2.36. The molecule has 0 spiro atoms. The summed E-state index contributed by atoms with van der Waals surface area (Å²) >= 11 is 0. The van der Waals surface area contributed by atoms with Gasteiger partial charge in [0.2, 0.25) is 0 Å². The Morgan fingerprint density at radius 3 is 2.25 bits per heavy atom. The van der Waals surface area contributed by atoms with Gasteiger partial charge in [0, 0.05) is 5.41 Å². The minimum absolute atomic E-state index is 0.275. The number of rotatable bonds is 2. The van der Waals surface area contributed by atoms with Gasteiger partial charge in [-0.05, 0) is 48.8 Å². The highest BCUT2D eigenvalue weighted by molar-refractivity contribution is 5.81. The first-order chi connectivity index (χ1) is 9.81. The molecule has 0 heteroatoms. The molecular weight excluding hydrogens is 240 g/mol.